The normalized spacial score (nSPS) is 13.8. The highest BCUT2D eigenvalue weighted by Crippen LogP contribution is 2.33. The van der Waals surface area contributed by atoms with Gasteiger partial charge in [0.25, 0.3) is 5.91 Å². The minimum Gasteiger partial charge on any atom is -0.451 e. The van der Waals surface area contributed by atoms with Crippen molar-refractivity contribution in [2.24, 2.45) is 0 Å². The number of carbonyl (C=O) groups is 2. The molecule has 5 nitrogen and oxygen atoms in total. The van der Waals surface area contributed by atoms with Gasteiger partial charge in [-0.25, -0.2) is 0 Å². The lowest BCUT2D eigenvalue weighted by Gasteiger charge is -2.16. The van der Waals surface area contributed by atoms with Crippen molar-refractivity contribution in [3.63, 3.8) is 0 Å². The Hall–Kier alpha value is -3.03. The van der Waals surface area contributed by atoms with E-state index in [0.717, 1.165) is 40.7 Å². The molecule has 0 aliphatic carbocycles. The van der Waals surface area contributed by atoms with Crippen LogP contribution in [-0.4, -0.2) is 18.4 Å². The standard InChI is InChI=1S/C25H22N2O3S2/c28-22-7-3-13-27(22)18-11-9-17(10-12-18)15-26-25(29)24-20(16-32-23-8-4-14-31-23)19-5-1-2-6-21(19)30-24/h1-2,4-6,8-12,14H,3,7,13,15-16H2,(H,26,29). The van der Waals surface area contributed by atoms with Crippen molar-refractivity contribution < 1.29 is 14.0 Å². The van der Waals surface area contributed by atoms with E-state index >= 15 is 0 Å². The number of para-hydroxylation sites is 1. The van der Waals surface area contributed by atoms with Crippen LogP contribution in [0.5, 0.6) is 0 Å². The molecule has 0 spiro atoms. The maximum absolute atomic E-state index is 13.0. The quantitative estimate of drug-likeness (QED) is 0.350. The third-order valence-electron chi connectivity index (χ3n) is 5.53. The molecule has 1 fully saturated rings. The van der Waals surface area contributed by atoms with E-state index in [1.165, 1.54) is 4.21 Å². The molecule has 4 aromatic rings. The van der Waals surface area contributed by atoms with Crippen LogP contribution in [0.2, 0.25) is 0 Å². The van der Waals surface area contributed by atoms with E-state index in [-0.39, 0.29) is 11.8 Å². The van der Waals surface area contributed by atoms with E-state index in [4.69, 9.17) is 4.42 Å². The minimum atomic E-state index is -0.221. The van der Waals surface area contributed by atoms with Gasteiger partial charge in [0.1, 0.15) is 5.58 Å². The SMILES string of the molecule is O=C(NCc1ccc(N2CCCC2=O)cc1)c1oc2ccccc2c1CSc1cccs1. The Morgan fingerprint density at radius 2 is 1.94 bits per heavy atom. The van der Waals surface area contributed by atoms with Crippen molar-refractivity contribution in [1.82, 2.24) is 5.32 Å². The highest BCUT2D eigenvalue weighted by molar-refractivity contribution is 8.00. The number of anilines is 1. The van der Waals surface area contributed by atoms with Gasteiger partial charge in [0.05, 0.1) is 4.21 Å². The lowest BCUT2D eigenvalue weighted by Crippen LogP contribution is -2.24. The van der Waals surface area contributed by atoms with Crippen LogP contribution in [0.15, 0.2) is 74.7 Å². The highest BCUT2D eigenvalue weighted by Gasteiger charge is 2.22. The Kier molecular flexibility index (Phi) is 6.01. The molecule has 1 aliphatic rings. The molecule has 162 valence electrons. The summed E-state index contributed by atoms with van der Waals surface area (Å²) in [5, 5.41) is 6.01. The Morgan fingerprint density at radius 1 is 1.09 bits per heavy atom. The molecule has 32 heavy (non-hydrogen) atoms. The van der Waals surface area contributed by atoms with E-state index in [2.05, 4.69) is 11.4 Å². The molecule has 1 N–H and O–H groups in total. The maximum atomic E-state index is 13.0. The summed E-state index contributed by atoms with van der Waals surface area (Å²) in [6, 6.07) is 19.7. The fraction of sp³-hybridized carbons (Fsp3) is 0.200. The zero-order valence-electron chi connectivity index (χ0n) is 17.4. The summed E-state index contributed by atoms with van der Waals surface area (Å²) < 4.78 is 7.16. The van der Waals surface area contributed by atoms with Crippen LogP contribution < -0.4 is 10.2 Å². The summed E-state index contributed by atoms with van der Waals surface area (Å²) in [6.45, 7) is 1.16. The highest BCUT2D eigenvalue weighted by atomic mass is 32.2. The second kappa shape index (κ2) is 9.22. The number of thioether (sulfide) groups is 1. The van der Waals surface area contributed by atoms with E-state index in [9.17, 15) is 9.59 Å². The van der Waals surface area contributed by atoms with Crippen LogP contribution >= 0.6 is 23.1 Å². The van der Waals surface area contributed by atoms with Crippen molar-refractivity contribution >= 4 is 51.6 Å². The fourth-order valence-corrected chi connectivity index (χ4v) is 5.70. The average molecular weight is 463 g/mol. The van der Waals surface area contributed by atoms with Crippen molar-refractivity contribution in [3.05, 3.63) is 82.9 Å². The first-order chi connectivity index (χ1) is 15.7. The number of thiophene rings is 1. The van der Waals surface area contributed by atoms with Crippen LogP contribution in [0.1, 0.15) is 34.5 Å². The monoisotopic (exact) mass is 462 g/mol. The smallest absolute Gasteiger partial charge is 0.287 e. The van der Waals surface area contributed by atoms with Gasteiger partial charge in [-0.1, -0.05) is 36.4 Å². The summed E-state index contributed by atoms with van der Waals surface area (Å²) >= 11 is 3.40. The van der Waals surface area contributed by atoms with Gasteiger partial charge in [-0.15, -0.1) is 23.1 Å². The molecule has 1 aliphatic heterocycles. The number of fused-ring (bicyclic) bond motifs is 1. The summed E-state index contributed by atoms with van der Waals surface area (Å²) in [7, 11) is 0. The van der Waals surface area contributed by atoms with Gasteiger partial charge in [-0.05, 0) is 41.6 Å². The molecule has 0 radical (unpaired) electrons. The molecule has 0 unspecified atom stereocenters. The second-order valence-electron chi connectivity index (χ2n) is 7.62. The number of nitrogens with one attached hydrogen (secondary N) is 1. The Morgan fingerprint density at radius 3 is 2.69 bits per heavy atom. The number of amides is 2. The Bertz CT molecular complexity index is 1250. The van der Waals surface area contributed by atoms with Crippen LogP contribution in [0.4, 0.5) is 5.69 Å². The number of rotatable bonds is 7. The number of benzene rings is 2. The van der Waals surface area contributed by atoms with E-state index in [1.54, 1.807) is 23.1 Å². The second-order valence-corrected chi connectivity index (χ2v) is 9.85. The lowest BCUT2D eigenvalue weighted by atomic mass is 10.1. The van der Waals surface area contributed by atoms with E-state index in [1.807, 2.05) is 64.9 Å². The lowest BCUT2D eigenvalue weighted by molar-refractivity contribution is -0.117. The van der Waals surface area contributed by atoms with Crippen molar-refractivity contribution in [1.29, 1.82) is 0 Å². The largest absolute Gasteiger partial charge is 0.451 e. The number of nitrogens with zero attached hydrogens (tertiary/aromatic N) is 1. The topological polar surface area (TPSA) is 62.6 Å². The van der Waals surface area contributed by atoms with Crippen LogP contribution in [0, 0.1) is 0 Å². The molecular formula is C25H22N2O3S2. The minimum absolute atomic E-state index is 0.170. The molecule has 2 aromatic carbocycles. The Labute approximate surface area is 194 Å². The molecule has 1 saturated heterocycles. The van der Waals surface area contributed by atoms with Crippen molar-refractivity contribution in [2.75, 3.05) is 11.4 Å². The zero-order chi connectivity index (χ0) is 21.9. The third-order valence-corrected chi connectivity index (χ3v) is 7.69. The Balaban J connectivity index is 1.30. The molecule has 2 amide bonds. The maximum Gasteiger partial charge on any atom is 0.287 e. The number of hydrogen-bond acceptors (Lipinski definition) is 5. The van der Waals surface area contributed by atoms with E-state index < -0.39 is 0 Å². The van der Waals surface area contributed by atoms with E-state index in [0.29, 0.717) is 24.5 Å². The number of hydrogen-bond donors (Lipinski definition) is 1. The zero-order valence-corrected chi connectivity index (χ0v) is 19.0. The first-order valence-electron chi connectivity index (χ1n) is 10.5. The summed E-state index contributed by atoms with van der Waals surface area (Å²) in [6.07, 6.45) is 1.52. The van der Waals surface area contributed by atoms with Gasteiger partial charge in [-0.3, -0.25) is 9.59 Å². The average Bonchev–Trinajstić information content (AvgIpc) is 3.56. The summed E-state index contributed by atoms with van der Waals surface area (Å²) in [5.74, 6) is 0.985. The molecule has 0 atom stereocenters. The van der Waals surface area contributed by atoms with Gasteiger partial charge < -0.3 is 14.6 Å². The molecule has 7 heteroatoms. The van der Waals surface area contributed by atoms with Gasteiger partial charge >= 0.3 is 0 Å². The summed E-state index contributed by atoms with van der Waals surface area (Å²) in [5.41, 5.74) is 3.52. The van der Waals surface area contributed by atoms with Gasteiger partial charge in [0.2, 0.25) is 5.91 Å². The van der Waals surface area contributed by atoms with Crippen LogP contribution in [0.25, 0.3) is 11.0 Å². The first-order valence-corrected chi connectivity index (χ1v) is 12.4. The molecule has 2 aromatic heterocycles. The third kappa shape index (κ3) is 4.31. The van der Waals surface area contributed by atoms with Crippen molar-refractivity contribution in [2.45, 2.75) is 29.3 Å². The predicted octanol–water partition coefficient (Wildman–Crippen LogP) is 5.84. The van der Waals surface area contributed by atoms with Crippen LogP contribution in [-0.2, 0) is 17.1 Å². The molecule has 3 heterocycles. The van der Waals surface area contributed by atoms with Crippen LogP contribution in [0.3, 0.4) is 0 Å². The molecule has 0 bridgehead atoms. The van der Waals surface area contributed by atoms with Crippen molar-refractivity contribution in [3.8, 4) is 0 Å². The molecule has 0 saturated carbocycles. The number of carbonyl (C=O) groups excluding carboxylic acids is 2. The van der Waals surface area contributed by atoms with Gasteiger partial charge in [0.15, 0.2) is 5.76 Å². The fourth-order valence-electron chi connectivity index (χ4n) is 3.89. The first kappa shape index (κ1) is 20.8. The van der Waals surface area contributed by atoms with Gasteiger partial charge in [0, 0.05) is 41.9 Å². The molecule has 5 rings (SSSR count). The predicted molar refractivity (Wildman–Crippen MR) is 129 cm³/mol. The number of furan rings is 1. The molecular weight excluding hydrogens is 440 g/mol. The summed E-state index contributed by atoms with van der Waals surface area (Å²) in [4.78, 5) is 26.8. The van der Waals surface area contributed by atoms with Gasteiger partial charge in [-0.2, -0.15) is 0 Å².